The van der Waals surface area contributed by atoms with Crippen LogP contribution in [-0.4, -0.2) is 114 Å². The molecular formula is C66H68BN3NaO14. The second-order valence-corrected chi connectivity index (χ2v) is 19.5. The summed E-state index contributed by atoms with van der Waals surface area (Å²) in [6.45, 7) is 11.5. The molecule has 1 N–H and O–H groups in total. The first-order chi connectivity index (χ1) is 40.0. The SMILES string of the molecule is COc1cc2c(C=O)cnc(C(=O)c3cccc(OC(C)C)c3)c2cc1OC.COc1cc2c(C=O)cnc(Cc3cccc(OC(C)C)c3)c2cc1OC.COc1cc2c(CO)cnc(C(=O)c3cccc(OC(C)C)c3)c2cc1OC.[B].[H-].[Na+]. The number of aliphatic hydroxyl groups is 1. The van der Waals surface area contributed by atoms with E-state index < -0.39 is 0 Å². The molecule has 0 atom stereocenters. The number of carbonyl (C=O) groups excluding carboxylic acids is 4. The van der Waals surface area contributed by atoms with Crippen LogP contribution in [0.4, 0.5) is 0 Å². The van der Waals surface area contributed by atoms with Gasteiger partial charge in [-0.3, -0.25) is 34.1 Å². The van der Waals surface area contributed by atoms with Crippen molar-refractivity contribution in [3.05, 3.63) is 178 Å². The molecule has 9 aromatic rings. The van der Waals surface area contributed by atoms with Crippen molar-refractivity contribution in [2.75, 3.05) is 42.7 Å². The summed E-state index contributed by atoms with van der Waals surface area (Å²) in [5, 5.41) is 13.7. The van der Waals surface area contributed by atoms with E-state index in [1.807, 2.05) is 84.0 Å². The molecule has 9 rings (SSSR count). The largest absolute Gasteiger partial charge is 1.00 e. The maximum atomic E-state index is 13.2. The van der Waals surface area contributed by atoms with Crippen molar-refractivity contribution in [1.29, 1.82) is 0 Å². The predicted molar refractivity (Wildman–Crippen MR) is 324 cm³/mol. The van der Waals surface area contributed by atoms with Crippen LogP contribution >= 0.6 is 0 Å². The Morgan fingerprint density at radius 1 is 0.471 bits per heavy atom. The van der Waals surface area contributed by atoms with E-state index in [-0.39, 0.29) is 87.3 Å². The number of benzene rings is 6. The minimum absolute atomic E-state index is 0. The van der Waals surface area contributed by atoms with Crippen LogP contribution in [0.3, 0.4) is 0 Å². The van der Waals surface area contributed by atoms with Crippen LogP contribution in [0.15, 0.2) is 128 Å². The van der Waals surface area contributed by atoms with Gasteiger partial charge in [-0.15, -0.1) is 0 Å². The van der Waals surface area contributed by atoms with E-state index in [9.17, 15) is 24.3 Å². The number of methoxy groups -OCH3 is 6. The van der Waals surface area contributed by atoms with Crippen LogP contribution in [0.2, 0.25) is 0 Å². The van der Waals surface area contributed by atoms with Gasteiger partial charge >= 0.3 is 29.6 Å². The molecule has 6 aromatic carbocycles. The van der Waals surface area contributed by atoms with E-state index >= 15 is 0 Å². The molecule has 0 amide bonds. The maximum absolute atomic E-state index is 13.2. The van der Waals surface area contributed by atoms with Crippen molar-refractivity contribution in [1.82, 2.24) is 15.0 Å². The van der Waals surface area contributed by atoms with Gasteiger partial charge in [0.05, 0.1) is 73.3 Å². The zero-order valence-electron chi connectivity index (χ0n) is 51.1. The molecule has 0 spiro atoms. The number of aldehydes is 2. The summed E-state index contributed by atoms with van der Waals surface area (Å²) in [4.78, 5) is 62.4. The van der Waals surface area contributed by atoms with Gasteiger partial charge in [0.2, 0.25) is 11.6 Å². The van der Waals surface area contributed by atoms with Crippen molar-refractivity contribution in [3.8, 4) is 51.7 Å². The van der Waals surface area contributed by atoms with E-state index in [1.54, 1.807) is 87.1 Å². The zero-order valence-corrected chi connectivity index (χ0v) is 52.1. The summed E-state index contributed by atoms with van der Waals surface area (Å²) in [5.74, 6) is 4.64. The van der Waals surface area contributed by atoms with Gasteiger partial charge in [-0.2, -0.15) is 0 Å². The Bertz CT molecular complexity index is 3830. The van der Waals surface area contributed by atoms with Crippen molar-refractivity contribution >= 4 is 64.9 Å². The van der Waals surface area contributed by atoms with E-state index in [0.717, 1.165) is 34.1 Å². The van der Waals surface area contributed by atoms with Gasteiger partial charge in [-0.25, -0.2) is 0 Å². The zero-order chi connectivity index (χ0) is 59.9. The molecule has 0 aliphatic carbocycles. The van der Waals surface area contributed by atoms with E-state index in [0.29, 0.717) is 108 Å². The number of hydrogen-bond acceptors (Lipinski definition) is 17. The number of carbonyl (C=O) groups is 4. The number of hydrogen-bond donors (Lipinski definition) is 1. The Kier molecular flexibility index (Phi) is 24.8. The summed E-state index contributed by atoms with van der Waals surface area (Å²) in [5.41, 5.74) is 4.84. The number of rotatable bonds is 21. The summed E-state index contributed by atoms with van der Waals surface area (Å²) >= 11 is 0. The summed E-state index contributed by atoms with van der Waals surface area (Å²) in [6.07, 6.45) is 6.74. The van der Waals surface area contributed by atoms with E-state index in [2.05, 4.69) is 15.0 Å². The topological polar surface area (TPSA) is 210 Å². The van der Waals surface area contributed by atoms with Crippen LogP contribution in [0.5, 0.6) is 51.7 Å². The Morgan fingerprint density at radius 3 is 1.24 bits per heavy atom. The molecule has 0 fully saturated rings. The Balaban J connectivity index is 0.000000272. The molecule has 3 radical (unpaired) electrons. The minimum Gasteiger partial charge on any atom is -1.00 e. The first kappa shape index (κ1) is 67.2. The first-order valence-electron chi connectivity index (χ1n) is 26.5. The third-order valence-electron chi connectivity index (χ3n) is 12.8. The fraction of sp³-hybridized carbons (Fsp3) is 0.258. The standard InChI is InChI=1S/C22H23NO5.C22H21NO5.C22H23NO4.B.Na.H/c2*1-13(2)28-16-7-5-6-14(8-16)22(25)21-18-10-20(27-4)19(26-3)9-17(18)15(12-24)11-23-21;1-14(2)27-17-7-5-6-15(8-17)9-20-19-11-22(26-4)21(25-3)10-18(19)16(13-24)12-23-20;;;/h5-11,13,24H,12H2,1-4H3;5-13H,1-4H3;5-8,10-14H,9H2,1-4H3;;;/q;;;;+1;-1. The molecule has 3 aromatic heterocycles. The van der Waals surface area contributed by atoms with Crippen molar-refractivity contribution in [3.63, 3.8) is 0 Å². The van der Waals surface area contributed by atoms with Gasteiger partial charge in [0, 0.05) is 77.4 Å². The van der Waals surface area contributed by atoms with Crippen LogP contribution < -0.4 is 72.2 Å². The maximum Gasteiger partial charge on any atom is 1.00 e. The van der Waals surface area contributed by atoms with Gasteiger partial charge in [0.1, 0.15) is 28.6 Å². The second-order valence-electron chi connectivity index (χ2n) is 19.5. The minimum atomic E-state index is -0.274. The number of nitrogens with zero attached hydrogens (tertiary/aromatic N) is 3. The van der Waals surface area contributed by atoms with Gasteiger partial charge in [-0.1, -0.05) is 36.4 Å². The molecule has 3 heterocycles. The van der Waals surface area contributed by atoms with Crippen molar-refractivity contribution in [2.24, 2.45) is 0 Å². The third kappa shape index (κ3) is 16.2. The van der Waals surface area contributed by atoms with Gasteiger partial charge < -0.3 is 49.2 Å². The Hall–Kier alpha value is -8.55. The average molecular weight is 1160 g/mol. The molecule has 17 nitrogen and oxygen atoms in total. The molecule has 0 unspecified atom stereocenters. The van der Waals surface area contributed by atoms with Gasteiger partial charge in [0.15, 0.2) is 47.1 Å². The number of fused-ring (bicyclic) bond motifs is 3. The predicted octanol–water partition coefficient (Wildman–Crippen LogP) is 9.02. The smallest absolute Gasteiger partial charge is 1.00 e. The number of pyridine rings is 3. The van der Waals surface area contributed by atoms with Gasteiger partial charge in [0.25, 0.3) is 0 Å². The molecule has 0 saturated heterocycles. The van der Waals surface area contributed by atoms with Crippen molar-refractivity contribution < 1.29 is 97.9 Å². The first-order valence-corrected chi connectivity index (χ1v) is 26.5. The molecular weight excluding hydrogens is 1090 g/mol. The third-order valence-corrected chi connectivity index (χ3v) is 12.8. The normalized spacial score (nSPS) is 10.6. The Morgan fingerprint density at radius 2 is 0.824 bits per heavy atom. The number of aliphatic hydroxyl groups excluding tert-OH is 1. The van der Waals surface area contributed by atoms with Crippen LogP contribution in [0, 0.1) is 0 Å². The van der Waals surface area contributed by atoms with E-state index in [1.165, 1.54) is 40.8 Å². The van der Waals surface area contributed by atoms with Crippen LogP contribution in [0.25, 0.3) is 32.3 Å². The summed E-state index contributed by atoms with van der Waals surface area (Å²) in [7, 11) is 9.25. The molecule has 19 heteroatoms. The quantitative estimate of drug-likeness (QED) is 0.0404. The van der Waals surface area contributed by atoms with Crippen LogP contribution in [-0.2, 0) is 13.0 Å². The second kappa shape index (κ2) is 31.4. The van der Waals surface area contributed by atoms with Crippen molar-refractivity contribution in [2.45, 2.75) is 72.9 Å². The fourth-order valence-corrected chi connectivity index (χ4v) is 9.10. The van der Waals surface area contributed by atoms with Gasteiger partial charge in [-0.05, 0) is 136 Å². The summed E-state index contributed by atoms with van der Waals surface area (Å²) < 4.78 is 49.3. The Labute approximate surface area is 520 Å². The number of ketones is 2. The molecule has 85 heavy (non-hydrogen) atoms. The molecule has 0 bridgehead atoms. The molecule has 435 valence electrons. The monoisotopic (exact) mass is 1160 g/mol. The molecule has 0 aliphatic heterocycles. The summed E-state index contributed by atoms with van der Waals surface area (Å²) in [6, 6.07) is 32.4. The molecule has 0 saturated carbocycles. The van der Waals surface area contributed by atoms with Crippen LogP contribution in [0.1, 0.15) is 113 Å². The number of ether oxygens (including phenoxy) is 9. The number of aromatic nitrogens is 3. The van der Waals surface area contributed by atoms with E-state index in [4.69, 9.17) is 42.6 Å². The fourth-order valence-electron chi connectivity index (χ4n) is 9.10. The average Bonchev–Trinajstić information content (AvgIpc) is 1.34. The molecule has 0 aliphatic rings.